The first kappa shape index (κ1) is 33.3. The topological polar surface area (TPSA) is 101 Å². The van der Waals surface area contributed by atoms with Crippen LogP contribution in [-0.4, -0.2) is 74.8 Å². The minimum absolute atomic E-state index is 0.0183. The lowest BCUT2D eigenvalue weighted by Gasteiger charge is -2.44. The van der Waals surface area contributed by atoms with E-state index in [4.69, 9.17) is 9.47 Å². The van der Waals surface area contributed by atoms with Gasteiger partial charge in [-0.1, -0.05) is 12.1 Å². The molecule has 0 radical (unpaired) electrons. The highest BCUT2D eigenvalue weighted by Crippen LogP contribution is 2.52. The maximum Gasteiger partial charge on any atom is 0.433 e. The summed E-state index contributed by atoms with van der Waals surface area (Å²) in [4.78, 5) is 34.8. The standard InChI is InChI=1S/C35H39F3N6O4/c1-21-20-42(34(15-16-34)24-9-11-25(12-10-24)40-32(46)48-33(3,4)5)17-18-43(21)31(45)27-19-39-44-29(35(36,37)38)22(2)28(41-30(27)44)23-7-13-26(47-6)14-8-23/h7-14,19,21H,15-18,20H2,1-6H3,(H,40,46)/t21-/m1/s1. The number of benzene rings is 2. The molecule has 48 heavy (non-hydrogen) atoms. The molecule has 2 aromatic heterocycles. The molecule has 2 fully saturated rings. The number of carbonyl (C=O) groups is 2. The SMILES string of the molecule is COc1ccc(-c2nc3c(C(=O)N4CCN(C5(c6ccc(NC(=O)OC(C)(C)C)cc6)CC5)C[C@H]4C)cnn3c(C(F)(F)F)c2C)cc1. The summed E-state index contributed by atoms with van der Waals surface area (Å²) in [5.74, 6) is 0.145. The smallest absolute Gasteiger partial charge is 0.433 e. The van der Waals surface area contributed by atoms with Crippen molar-refractivity contribution in [3.05, 3.63) is 77.1 Å². The fourth-order valence-corrected chi connectivity index (χ4v) is 6.58. The number of piperazine rings is 1. The number of rotatable bonds is 6. The first-order valence-electron chi connectivity index (χ1n) is 15.9. The Morgan fingerprint density at radius 2 is 1.67 bits per heavy atom. The molecule has 2 aromatic carbocycles. The summed E-state index contributed by atoms with van der Waals surface area (Å²) >= 11 is 0. The quantitative estimate of drug-likeness (QED) is 0.239. The number of alkyl halides is 3. The summed E-state index contributed by atoms with van der Waals surface area (Å²) in [6.45, 7) is 10.3. The fraction of sp³-hybridized carbons (Fsp3) is 0.429. The van der Waals surface area contributed by atoms with E-state index in [-0.39, 0.29) is 34.0 Å². The van der Waals surface area contributed by atoms with Crippen LogP contribution in [-0.2, 0) is 16.5 Å². The van der Waals surface area contributed by atoms with Crippen molar-refractivity contribution in [2.24, 2.45) is 0 Å². The molecule has 3 heterocycles. The molecule has 13 heteroatoms. The molecule has 1 aliphatic carbocycles. The summed E-state index contributed by atoms with van der Waals surface area (Å²) in [5, 5.41) is 6.78. The van der Waals surface area contributed by atoms with Gasteiger partial charge < -0.3 is 14.4 Å². The number of methoxy groups -OCH3 is 1. The van der Waals surface area contributed by atoms with Crippen LogP contribution >= 0.6 is 0 Å². The molecule has 254 valence electrons. The Bertz CT molecular complexity index is 1840. The number of carbonyl (C=O) groups excluding carboxylic acids is 2. The van der Waals surface area contributed by atoms with Gasteiger partial charge in [-0.3, -0.25) is 15.0 Å². The van der Waals surface area contributed by atoms with Crippen molar-refractivity contribution in [1.82, 2.24) is 24.4 Å². The fourth-order valence-electron chi connectivity index (χ4n) is 6.58. The second-order valence-electron chi connectivity index (χ2n) is 13.5. The van der Waals surface area contributed by atoms with Crippen molar-refractivity contribution in [1.29, 1.82) is 0 Å². The van der Waals surface area contributed by atoms with Gasteiger partial charge in [0.2, 0.25) is 0 Å². The summed E-state index contributed by atoms with van der Waals surface area (Å²) in [5.41, 5.74) is 0.374. The molecular weight excluding hydrogens is 625 g/mol. The number of hydrogen-bond donors (Lipinski definition) is 1. The number of amides is 2. The third-order valence-corrected chi connectivity index (χ3v) is 9.03. The van der Waals surface area contributed by atoms with Crippen LogP contribution in [0.4, 0.5) is 23.7 Å². The second kappa shape index (κ2) is 12.1. The van der Waals surface area contributed by atoms with Crippen LogP contribution in [0, 0.1) is 6.92 Å². The highest BCUT2D eigenvalue weighted by Gasteiger charge is 2.51. The van der Waals surface area contributed by atoms with Gasteiger partial charge in [-0.15, -0.1) is 0 Å². The summed E-state index contributed by atoms with van der Waals surface area (Å²) in [6.07, 6.45) is -2.16. The average molecular weight is 665 g/mol. The van der Waals surface area contributed by atoms with Gasteiger partial charge in [0.05, 0.1) is 19.0 Å². The van der Waals surface area contributed by atoms with Crippen LogP contribution in [0.25, 0.3) is 16.9 Å². The number of hydrogen-bond acceptors (Lipinski definition) is 7. The van der Waals surface area contributed by atoms with Gasteiger partial charge in [-0.2, -0.15) is 18.3 Å². The summed E-state index contributed by atoms with van der Waals surface area (Å²) < 4.78 is 54.6. The Hall–Kier alpha value is -4.65. The monoisotopic (exact) mass is 664 g/mol. The molecule has 0 unspecified atom stereocenters. The van der Waals surface area contributed by atoms with E-state index < -0.39 is 29.5 Å². The van der Waals surface area contributed by atoms with Gasteiger partial charge in [0, 0.05) is 48.0 Å². The molecule has 2 amide bonds. The van der Waals surface area contributed by atoms with E-state index in [1.54, 1.807) is 49.9 Å². The predicted molar refractivity (Wildman–Crippen MR) is 174 cm³/mol. The zero-order valence-electron chi connectivity index (χ0n) is 27.8. The number of fused-ring (bicyclic) bond motifs is 1. The van der Waals surface area contributed by atoms with Gasteiger partial charge in [0.1, 0.15) is 16.9 Å². The zero-order chi connectivity index (χ0) is 34.6. The Balaban J connectivity index is 1.22. The summed E-state index contributed by atoms with van der Waals surface area (Å²) in [6, 6.07) is 14.1. The Morgan fingerprint density at radius 3 is 2.23 bits per heavy atom. The lowest BCUT2D eigenvalue weighted by molar-refractivity contribution is -0.143. The Labute approximate surface area is 276 Å². The lowest BCUT2D eigenvalue weighted by Crippen LogP contribution is -2.56. The molecule has 0 bridgehead atoms. The maximum absolute atomic E-state index is 14.4. The van der Waals surface area contributed by atoms with E-state index in [1.165, 1.54) is 20.2 Å². The first-order chi connectivity index (χ1) is 22.6. The highest BCUT2D eigenvalue weighted by atomic mass is 19.4. The van der Waals surface area contributed by atoms with Gasteiger partial charge in [-0.25, -0.2) is 14.3 Å². The molecule has 10 nitrogen and oxygen atoms in total. The Kier molecular flexibility index (Phi) is 8.39. The zero-order valence-corrected chi connectivity index (χ0v) is 27.8. The van der Waals surface area contributed by atoms with Crippen LogP contribution in [0.15, 0.2) is 54.7 Å². The molecule has 1 saturated heterocycles. The number of nitrogens with one attached hydrogen (secondary N) is 1. The van der Waals surface area contributed by atoms with Crippen molar-refractivity contribution in [2.75, 3.05) is 32.1 Å². The molecule has 2 aliphatic rings. The van der Waals surface area contributed by atoms with Crippen LogP contribution in [0.1, 0.15) is 67.7 Å². The van der Waals surface area contributed by atoms with Gasteiger partial charge in [0.15, 0.2) is 11.3 Å². The third kappa shape index (κ3) is 6.30. The van der Waals surface area contributed by atoms with Gasteiger partial charge in [0.25, 0.3) is 5.91 Å². The molecule has 0 spiro atoms. The predicted octanol–water partition coefficient (Wildman–Crippen LogP) is 6.91. The average Bonchev–Trinajstić information content (AvgIpc) is 3.72. The van der Waals surface area contributed by atoms with Crippen molar-refractivity contribution in [3.8, 4) is 17.0 Å². The van der Waals surface area contributed by atoms with Gasteiger partial charge in [-0.05, 0) is 89.4 Å². The Morgan fingerprint density at radius 1 is 1.00 bits per heavy atom. The van der Waals surface area contributed by atoms with Crippen LogP contribution < -0.4 is 10.1 Å². The normalized spacial score (nSPS) is 18.1. The molecule has 6 rings (SSSR count). The number of ether oxygens (including phenoxy) is 2. The minimum Gasteiger partial charge on any atom is -0.497 e. The molecular formula is C35H39F3N6O4. The molecule has 1 saturated carbocycles. The maximum atomic E-state index is 14.4. The third-order valence-electron chi connectivity index (χ3n) is 9.03. The molecule has 4 aromatic rings. The molecule has 1 N–H and O–H groups in total. The van der Waals surface area contributed by atoms with E-state index in [0.717, 1.165) is 22.9 Å². The lowest BCUT2D eigenvalue weighted by atomic mass is 10.00. The van der Waals surface area contributed by atoms with Crippen molar-refractivity contribution < 1.29 is 32.2 Å². The van der Waals surface area contributed by atoms with Crippen LogP contribution in [0.5, 0.6) is 5.75 Å². The van der Waals surface area contributed by atoms with E-state index >= 15 is 0 Å². The minimum atomic E-state index is -4.74. The van der Waals surface area contributed by atoms with Crippen molar-refractivity contribution in [2.45, 2.75) is 70.8 Å². The van der Waals surface area contributed by atoms with E-state index in [9.17, 15) is 22.8 Å². The number of nitrogens with zero attached hydrogens (tertiary/aromatic N) is 5. The van der Waals surface area contributed by atoms with E-state index in [1.807, 2.05) is 31.2 Å². The molecule has 1 atom stereocenters. The van der Waals surface area contributed by atoms with E-state index in [0.29, 0.717) is 36.6 Å². The van der Waals surface area contributed by atoms with Crippen molar-refractivity contribution >= 4 is 23.3 Å². The number of halogens is 3. The largest absolute Gasteiger partial charge is 0.497 e. The second-order valence-corrected chi connectivity index (χ2v) is 13.5. The van der Waals surface area contributed by atoms with Gasteiger partial charge >= 0.3 is 12.3 Å². The molecule has 1 aliphatic heterocycles. The highest BCUT2D eigenvalue weighted by molar-refractivity contribution is 6.00. The number of aromatic nitrogens is 3. The van der Waals surface area contributed by atoms with E-state index in [2.05, 4.69) is 20.3 Å². The first-order valence-corrected chi connectivity index (χ1v) is 15.9. The van der Waals surface area contributed by atoms with Crippen molar-refractivity contribution in [3.63, 3.8) is 0 Å². The summed E-state index contributed by atoms with van der Waals surface area (Å²) in [7, 11) is 1.51. The van der Waals surface area contributed by atoms with Crippen LogP contribution in [0.3, 0.4) is 0 Å². The van der Waals surface area contributed by atoms with Crippen LogP contribution in [0.2, 0.25) is 0 Å². The number of anilines is 1.